The summed E-state index contributed by atoms with van der Waals surface area (Å²) in [6, 6.07) is 0.836. The molecule has 1 heterocycles. The van der Waals surface area contributed by atoms with Gasteiger partial charge in [0.1, 0.15) is 0 Å². The van der Waals surface area contributed by atoms with Crippen molar-refractivity contribution in [2.45, 2.75) is 38.6 Å². The third kappa shape index (κ3) is 4.04. The van der Waals surface area contributed by atoms with Gasteiger partial charge in [-0.05, 0) is 57.2 Å². The van der Waals surface area contributed by atoms with Crippen molar-refractivity contribution in [1.29, 1.82) is 0 Å². The Balaban J connectivity index is 1.57. The molecule has 1 aliphatic heterocycles. The highest BCUT2D eigenvalue weighted by Gasteiger charge is 2.23. The Bertz CT molecular complexity index is 198. The largest absolute Gasteiger partial charge is 0.396 e. The molecule has 1 atom stereocenters. The minimum atomic E-state index is 0.382. The lowest BCUT2D eigenvalue weighted by atomic mass is 9.97. The van der Waals surface area contributed by atoms with Gasteiger partial charge >= 0.3 is 0 Å². The van der Waals surface area contributed by atoms with Crippen LogP contribution in [0.1, 0.15) is 32.6 Å². The van der Waals surface area contributed by atoms with E-state index in [1.165, 1.54) is 51.9 Å². The Morgan fingerprint density at radius 2 is 1.94 bits per heavy atom. The molecular formula is C13H26N2O. The first-order chi connectivity index (χ1) is 7.78. The van der Waals surface area contributed by atoms with Gasteiger partial charge in [-0.3, -0.25) is 0 Å². The average molecular weight is 226 g/mol. The molecule has 0 aromatic rings. The van der Waals surface area contributed by atoms with Crippen molar-refractivity contribution in [2.75, 3.05) is 32.8 Å². The van der Waals surface area contributed by atoms with E-state index >= 15 is 0 Å². The Kier molecular flexibility index (Phi) is 4.62. The van der Waals surface area contributed by atoms with Crippen molar-refractivity contribution in [2.24, 2.45) is 11.8 Å². The van der Waals surface area contributed by atoms with Crippen LogP contribution in [0, 0.1) is 11.8 Å². The lowest BCUT2D eigenvalue weighted by Crippen LogP contribution is -2.39. The van der Waals surface area contributed by atoms with Crippen molar-refractivity contribution in [3.05, 3.63) is 0 Å². The fraction of sp³-hybridized carbons (Fsp3) is 1.00. The van der Waals surface area contributed by atoms with Crippen molar-refractivity contribution in [1.82, 2.24) is 10.2 Å². The molecule has 0 bridgehead atoms. The number of likely N-dealkylation sites (tertiary alicyclic amines) is 1. The predicted molar refractivity (Wildman–Crippen MR) is 66.4 cm³/mol. The number of aliphatic hydroxyl groups is 1. The maximum Gasteiger partial charge on any atom is 0.0460 e. The second kappa shape index (κ2) is 5.99. The van der Waals surface area contributed by atoms with Gasteiger partial charge < -0.3 is 15.3 Å². The number of hydrogen-bond acceptors (Lipinski definition) is 3. The number of aliphatic hydroxyl groups excluding tert-OH is 1. The fourth-order valence-corrected chi connectivity index (χ4v) is 2.51. The first kappa shape index (κ1) is 12.3. The van der Waals surface area contributed by atoms with E-state index in [2.05, 4.69) is 17.1 Å². The molecule has 3 nitrogen and oxygen atoms in total. The van der Waals surface area contributed by atoms with Crippen molar-refractivity contribution in [3.63, 3.8) is 0 Å². The summed E-state index contributed by atoms with van der Waals surface area (Å²) in [5.74, 6) is 1.32. The van der Waals surface area contributed by atoms with Gasteiger partial charge in [-0.25, -0.2) is 0 Å². The maximum atomic E-state index is 9.08. The third-order valence-electron chi connectivity index (χ3n) is 3.87. The molecule has 1 aliphatic carbocycles. The summed E-state index contributed by atoms with van der Waals surface area (Å²) < 4.78 is 0. The normalized spacial score (nSPS) is 25.9. The van der Waals surface area contributed by atoms with Gasteiger partial charge in [0, 0.05) is 19.2 Å². The van der Waals surface area contributed by atoms with E-state index in [1.54, 1.807) is 0 Å². The lowest BCUT2D eigenvalue weighted by molar-refractivity contribution is 0.121. The van der Waals surface area contributed by atoms with Gasteiger partial charge in [0.2, 0.25) is 0 Å². The first-order valence-electron chi connectivity index (χ1n) is 6.84. The van der Waals surface area contributed by atoms with Crippen LogP contribution in [-0.4, -0.2) is 48.8 Å². The zero-order valence-corrected chi connectivity index (χ0v) is 10.5. The number of hydrogen-bond donors (Lipinski definition) is 2. The van der Waals surface area contributed by atoms with E-state index in [9.17, 15) is 0 Å². The molecule has 3 heteroatoms. The van der Waals surface area contributed by atoms with E-state index in [0.29, 0.717) is 12.5 Å². The van der Waals surface area contributed by atoms with Crippen LogP contribution in [0.2, 0.25) is 0 Å². The molecule has 0 radical (unpaired) electrons. The zero-order valence-electron chi connectivity index (χ0n) is 10.5. The number of rotatable bonds is 6. The quantitative estimate of drug-likeness (QED) is 0.711. The van der Waals surface area contributed by atoms with Crippen LogP contribution in [0.3, 0.4) is 0 Å². The SMILES string of the molecule is CC(CNC1CC1)CN1CCC(CO)CC1. The second-order valence-corrected chi connectivity index (χ2v) is 5.71. The van der Waals surface area contributed by atoms with Crippen molar-refractivity contribution in [3.8, 4) is 0 Å². The Morgan fingerprint density at radius 1 is 1.25 bits per heavy atom. The van der Waals surface area contributed by atoms with Gasteiger partial charge in [-0.1, -0.05) is 6.92 Å². The average Bonchev–Trinajstić information content (AvgIpc) is 3.11. The monoisotopic (exact) mass is 226 g/mol. The molecule has 2 aliphatic rings. The van der Waals surface area contributed by atoms with Gasteiger partial charge in [-0.15, -0.1) is 0 Å². The van der Waals surface area contributed by atoms with Gasteiger partial charge in [-0.2, -0.15) is 0 Å². The Morgan fingerprint density at radius 3 is 2.50 bits per heavy atom. The molecule has 0 aromatic heterocycles. The van der Waals surface area contributed by atoms with Crippen molar-refractivity contribution < 1.29 is 5.11 Å². The molecule has 1 unspecified atom stereocenters. The van der Waals surface area contributed by atoms with E-state index in [1.807, 2.05) is 0 Å². The highest BCUT2D eigenvalue weighted by atomic mass is 16.3. The van der Waals surface area contributed by atoms with E-state index < -0.39 is 0 Å². The summed E-state index contributed by atoms with van der Waals surface area (Å²) in [4.78, 5) is 2.56. The fourth-order valence-electron chi connectivity index (χ4n) is 2.51. The molecule has 2 N–H and O–H groups in total. The first-order valence-corrected chi connectivity index (χ1v) is 6.84. The van der Waals surface area contributed by atoms with Crippen LogP contribution in [0.4, 0.5) is 0 Å². The lowest BCUT2D eigenvalue weighted by Gasteiger charge is -2.32. The van der Waals surface area contributed by atoms with Crippen LogP contribution in [0.5, 0.6) is 0 Å². The molecule has 2 rings (SSSR count). The molecule has 0 amide bonds. The molecule has 94 valence electrons. The van der Waals surface area contributed by atoms with Crippen LogP contribution in [-0.2, 0) is 0 Å². The van der Waals surface area contributed by atoms with E-state index in [4.69, 9.17) is 5.11 Å². The zero-order chi connectivity index (χ0) is 11.4. The molecule has 0 spiro atoms. The molecule has 1 saturated carbocycles. The molecular weight excluding hydrogens is 200 g/mol. The summed E-state index contributed by atoms with van der Waals surface area (Å²) in [6.45, 7) is 7.47. The minimum Gasteiger partial charge on any atom is -0.396 e. The summed E-state index contributed by atoms with van der Waals surface area (Å²) in [5, 5.41) is 12.7. The molecule has 1 saturated heterocycles. The highest BCUT2D eigenvalue weighted by Crippen LogP contribution is 2.20. The predicted octanol–water partition coefficient (Wildman–Crippen LogP) is 1.08. The van der Waals surface area contributed by atoms with Gasteiger partial charge in [0.05, 0.1) is 0 Å². The van der Waals surface area contributed by atoms with E-state index in [0.717, 1.165) is 12.0 Å². The van der Waals surface area contributed by atoms with Crippen molar-refractivity contribution >= 4 is 0 Å². The Labute approximate surface area is 99.2 Å². The standard InChI is InChI=1S/C13H26N2O/c1-11(8-14-13-2-3-13)9-15-6-4-12(10-16)5-7-15/h11-14,16H,2-10H2,1H3. The van der Waals surface area contributed by atoms with Gasteiger partial charge in [0.25, 0.3) is 0 Å². The second-order valence-electron chi connectivity index (χ2n) is 5.71. The van der Waals surface area contributed by atoms with E-state index in [-0.39, 0.29) is 0 Å². The summed E-state index contributed by atoms with van der Waals surface area (Å²) in [7, 11) is 0. The summed E-state index contributed by atoms with van der Waals surface area (Å²) >= 11 is 0. The maximum absolute atomic E-state index is 9.08. The van der Waals surface area contributed by atoms with Gasteiger partial charge in [0.15, 0.2) is 0 Å². The number of nitrogens with one attached hydrogen (secondary N) is 1. The van der Waals surface area contributed by atoms with Crippen LogP contribution in [0.25, 0.3) is 0 Å². The summed E-state index contributed by atoms with van der Waals surface area (Å²) in [5.41, 5.74) is 0. The smallest absolute Gasteiger partial charge is 0.0460 e. The van der Waals surface area contributed by atoms with Crippen LogP contribution < -0.4 is 5.32 Å². The van der Waals surface area contributed by atoms with Crippen LogP contribution >= 0.6 is 0 Å². The molecule has 0 aromatic carbocycles. The highest BCUT2D eigenvalue weighted by molar-refractivity contribution is 4.82. The number of nitrogens with zero attached hydrogens (tertiary/aromatic N) is 1. The number of piperidine rings is 1. The third-order valence-corrected chi connectivity index (χ3v) is 3.87. The summed E-state index contributed by atoms with van der Waals surface area (Å²) in [6.07, 6.45) is 5.13. The molecule has 16 heavy (non-hydrogen) atoms. The minimum absolute atomic E-state index is 0.382. The molecule has 2 fully saturated rings. The topological polar surface area (TPSA) is 35.5 Å². The Hall–Kier alpha value is -0.120. The van der Waals surface area contributed by atoms with Crippen LogP contribution in [0.15, 0.2) is 0 Å².